The number of fused-ring (bicyclic) bond motifs is 1. The number of carbonyl (C=O) groups is 1. The van der Waals surface area contributed by atoms with E-state index < -0.39 is 17.3 Å². The van der Waals surface area contributed by atoms with Crippen molar-refractivity contribution in [3.8, 4) is 11.1 Å². The normalized spacial score (nSPS) is 10.8. The second-order valence-corrected chi connectivity index (χ2v) is 5.86. The number of hydrogen-bond acceptors (Lipinski definition) is 5. The molecule has 8 heteroatoms. The van der Waals surface area contributed by atoms with Crippen molar-refractivity contribution in [1.82, 2.24) is 4.98 Å². The zero-order valence-electron chi connectivity index (χ0n) is 13.1. The molecule has 0 aliphatic rings. The fraction of sp³-hybridized carbons (Fsp3) is 0.118. The summed E-state index contributed by atoms with van der Waals surface area (Å²) in [6.45, 7) is -0.0355. The Morgan fingerprint density at radius 3 is 2.72 bits per heavy atom. The summed E-state index contributed by atoms with van der Waals surface area (Å²) in [5.41, 5.74) is 5.60. The first-order valence-electron chi connectivity index (χ1n) is 7.25. The number of halogens is 2. The van der Waals surface area contributed by atoms with Crippen LogP contribution in [0.2, 0.25) is 5.02 Å². The third kappa shape index (κ3) is 3.46. The lowest BCUT2D eigenvalue weighted by molar-refractivity contribution is -0.116. The fourth-order valence-electron chi connectivity index (χ4n) is 2.49. The Labute approximate surface area is 146 Å². The first kappa shape index (κ1) is 16.9. The van der Waals surface area contributed by atoms with E-state index in [1.54, 1.807) is 19.2 Å². The predicted octanol–water partition coefficient (Wildman–Crippen LogP) is 2.57. The molecular formula is C17H13ClFN3O3. The van der Waals surface area contributed by atoms with Crippen molar-refractivity contribution < 1.29 is 13.6 Å². The zero-order valence-corrected chi connectivity index (χ0v) is 13.9. The van der Waals surface area contributed by atoms with Gasteiger partial charge < -0.3 is 15.1 Å². The lowest BCUT2D eigenvalue weighted by Crippen LogP contribution is -2.31. The number of amides is 1. The third-order valence-electron chi connectivity index (χ3n) is 3.60. The van der Waals surface area contributed by atoms with Gasteiger partial charge in [-0.2, -0.15) is 4.98 Å². The molecular weight excluding hydrogens is 349 g/mol. The summed E-state index contributed by atoms with van der Waals surface area (Å²) in [5, 5.41) is 0.700. The summed E-state index contributed by atoms with van der Waals surface area (Å²) in [6, 6.07) is 8.53. The molecule has 0 atom stereocenters. The van der Waals surface area contributed by atoms with Crippen LogP contribution in [0.15, 0.2) is 45.6 Å². The summed E-state index contributed by atoms with van der Waals surface area (Å²) >= 11 is 6.10. The molecule has 0 spiro atoms. The van der Waals surface area contributed by atoms with Crippen molar-refractivity contribution in [1.29, 1.82) is 0 Å². The van der Waals surface area contributed by atoms with Gasteiger partial charge in [-0.25, -0.2) is 9.18 Å². The molecule has 0 fully saturated rings. The predicted molar refractivity (Wildman–Crippen MR) is 93.1 cm³/mol. The number of benzene rings is 1. The van der Waals surface area contributed by atoms with Gasteiger partial charge in [0.15, 0.2) is 0 Å². The van der Waals surface area contributed by atoms with Crippen LogP contribution in [0, 0.1) is 5.82 Å². The molecule has 1 amide bonds. The van der Waals surface area contributed by atoms with Gasteiger partial charge in [-0.15, -0.1) is 0 Å². The maximum atomic E-state index is 13.3. The van der Waals surface area contributed by atoms with E-state index in [9.17, 15) is 14.0 Å². The summed E-state index contributed by atoms with van der Waals surface area (Å²) in [7, 11) is 1.64. The molecule has 2 aromatic heterocycles. The van der Waals surface area contributed by atoms with E-state index in [1.165, 1.54) is 29.2 Å². The summed E-state index contributed by atoms with van der Waals surface area (Å²) < 4.78 is 18.4. The molecule has 0 aliphatic heterocycles. The molecule has 0 bridgehead atoms. The second kappa shape index (κ2) is 6.52. The molecule has 0 saturated carbocycles. The SMILES string of the molecule is CN(CC(N)=O)c1ccc2c(-c3ccc(F)cc3Cl)cc(=O)oc2n1. The van der Waals surface area contributed by atoms with Crippen molar-refractivity contribution in [3.63, 3.8) is 0 Å². The van der Waals surface area contributed by atoms with Crippen LogP contribution < -0.4 is 16.3 Å². The van der Waals surface area contributed by atoms with Gasteiger partial charge in [-0.05, 0) is 30.3 Å². The molecule has 128 valence electrons. The van der Waals surface area contributed by atoms with Crippen LogP contribution in [0.5, 0.6) is 0 Å². The van der Waals surface area contributed by atoms with E-state index in [0.717, 1.165) is 0 Å². The van der Waals surface area contributed by atoms with Gasteiger partial charge in [-0.1, -0.05) is 11.6 Å². The molecule has 0 unspecified atom stereocenters. The average molecular weight is 362 g/mol. The minimum Gasteiger partial charge on any atom is -0.404 e. The highest BCUT2D eigenvalue weighted by atomic mass is 35.5. The van der Waals surface area contributed by atoms with Crippen LogP contribution in [0.3, 0.4) is 0 Å². The highest BCUT2D eigenvalue weighted by Crippen LogP contribution is 2.33. The summed E-state index contributed by atoms with van der Waals surface area (Å²) in [6.07, 6.45) is 0. The quantitative estimate of drug-likeness (QED) is 0.771. The average Bonchev–Trinajstić information content (AvgIpc) is 2.53. The van der Waals surface area contributed by atoms with Crippen LogP contribution in [0.1, 0.15) is 0 Å². The number of pyridine rings is 1. The van der Waals surface area contributed by atoms with Gasteiger partial charge in [0.1, 0.15) is 11.6 Å². The van der Waals surface area contributed by atoms with Gasteiger partial charge >= 0.3 is 5.63 Å². The molecule has 3 aromatic rings. The van der Waals surface area contributed by atoms with Crippen molar-refractivity contribution in [2.45, 2.75) is 0 Å². The maximum absolute atomic E-state index is 13.3. The number of nitrogens with two attached hydrogens (primary N) is 1. The molecule has 2 heterocycles. The number of hydrogen-bond donors (Lipinski definition) is 1. The molecule has 6 nitrogen and oxygen atoms in total. The summed E-state index contributed by atoms with van der Waals surface area (Å²) in [5.74, 6) is -0.580. The second-order valence-electron chi connectivity index (χ2n) is 5.45. The Hall–Kier alpha value is -2.93. The van der Waals surface area contributed by atoms with E-state index in [4.69, 9.17) is 21.8 Å². The molecule has 25 heavy (non-hydrogen) atoms. The number of rotatable bonds is 4. The van der Waals surface area contributed by atoms with Crippen LogP contribution in [0.4, 0.5) is 10.2 Å². The Morgan fingerprint density at radius 1 is 1.28 bits per heavy atom. The molecule has 3 rings (SSSR count). The van der Waals surface area contributed by atoms with E-state index in [0.29, 0.717) is 22.3 Å². The third-order valence-corrected chi connectivity index (χ3v) is 3.91. The first-order valence-corrected chi connectivity index (χ1v) is 7.62. The number of likely N-dealkylation sites (N-methyl/N-ethyl adjacent to an activating group) is 1. The smallest absolute Gasteiger partial charge is 0.338 e. The zero-order chi connectivity index (χ0) is 18.1. The van der Waals surface area contributed by atoms with E-state index in [1.807, 2.05) is 0 Å². The van der Waals surface area contributed by atoms with E-state index in [-0.39, 0.29) is 17.3 Å². The van der Waals surface area contributed by atoms with Crippen molar-refractivity contribution in [2.75, 3.05) is 18.5 Å². The maximum Gasteiger partial charge on any atom is 0.338 e. The van der Waals surface area contributed by atoms with E-state index >= 15 is 0 Å². The van der Waals surface area contributed by atoms with Crippen molar-refractivity contribution in [2.24, 2.45) is 5.73 Å². The highest BCUT2D eigenvalue weighted by Gasteiger charge is 2.14. The number of anilines is 1. The Bertz CT molecular complexity index is 1040. The van der Waals surface area contributed by atoms with Gasteiger partial charge in [-0.3, -0.25) is 4.79 Å². The Kier molecular flexibility index (Phi) is 4.41. The molecule has 0 saturated heterocycles. The number of aromatic nitrogens is 1. The summed E-state index contributed by atoms with van der Waals surface area (Å²) in [4.78, 5) is 28.7. The molecule has 2 N–H and O–H groups in total. The van der Waals surface area contributed by atoms with Crippen LogP contribution >= 0.6 is 11.6 Å². The largest absolute Gasteiger partial charge is 0.404 e. The van der Waals surface area contributed by atoms with Crippen LogP contribution in [-0.4, -0.2) is 24.5 Å². The van der Waals surface area contributed by atoms with Gasteiger partial charge in [0.05, 0.1) is 11.6 Å². The lowest BCUT2D eigenvalue weighted by atomic mass is 10.0. The standard InChI is InChI=1S/C17H13ClFN3O3/c1-22(8-14(20)23)15-5-4-11-12(7-16(24)25-17(11)21-15)10-3-2-9(19)6-13(10)18/h2-7H,8H2,1H3,(H2,20,23). The lowest BCUT2D eigenvalue weighted by Gasteiger charge is -2.16. The van der Waals surface area contributed by atoms with Crippen LogP contribution in [0.25, 0.3) is 22.2 Å². The topological polar surface area (TPSA) is 89.4 Å². The number of carbonyl (C=O) groups excluding carboxylic acids is 1. The van der Waals surface area contributed by atoms with Gasteiger partial charge in [0.25, 0.3) is 0 Å². The highest BCUT2D eigenvalue weighted by molar-refractivity contribution is 6.33. The van der Waals surface area contributed by atoms with Gasteiger partial charge in [0.2, 0.25) is 11.6 Å². The first-order chi connectivity index (χ1) is 11.8. The van der Waals surface area contributed by atoms with Gasteiger partial charge in [0, 0.05) is 29.6 Å². The van der Waals surface area contributed by atoms with Crippen molar-refractivity contribution in [3.05, 3.63) is 57.7 Å². The number of nitrogens with zero attached hydrogens (tertiary/aromatic N) is 2. The monoisotopic (exact) mass is 361 g/mol. The molecule has 0 radical (unpaired) electrons. The minimum absolute atomic E-state index is 0.0355. The Balaban J connectivity index is 2.18. The minimum atomic E-state index is -0.620. The van der Waals surface area contributed by atoms with E-state index in [2.05, 4.69) is 4.98 Å². The molecule has 1 aromatic carbocycles. The molecule has 0 aliphatic carbocycles. The van der Waals surface area contributed by atoms with Crippen LogP contribution in [-0.2, 0) is 4.79 Å². The fourth-order valence-corrected chi connectivity index (χ4v) is 2.76. The Morgan fingerprint density at radius 2 is 2.04 bits per heavy atom. The van der Waals surface area contributed by atoms with Crippen molar-refractivity contribution >= 4 is 34.4 Å². The number of primary amides is 1.